The molecule has 0 unspecified atom stereocenters. The molecule has 0 fully saturated rings. The third-order valence-electron chi connectivity index (χ3n) is 3.92. The van der Waals surface area contributed by atoms with Gasteiger partial charge in [-0.15, -0.1) is 0 Å². The number of rotatable bonds is 3. The number of alkyl halides is 3. The lowest BCUT2D eigenvalue weighted by Crippen LogP contribution is -2.46. The Kier molecular flexibility index (Phi) is 4.77. The Morgan fingerprint density at radius 2 is 1.87 bits per heavy atom. The highest BCUT2D eigenvalue weighted by Gasteiger charge is 2.32. The summed E-state index contributed by atoms with van der Waals surface area (Å²) in [5.74, 6) is -1.74. The summed E-state index contributed by atoms with van der Waals surface area (Å²) in [6.45, 7) is 1.56. The Bertz CT molecular complexity index is 653. The Morgan fingerprint density at radius 1 is 1.22 bits per heavy atom. The van der Waals surface area contributed by atoms with E-state index in [9.17, 15) is 22.8 Å². The highest BCUT2D eigenvalue weighted by molar-refractivity contribution is 5.96. The molecule has 1 aliphatic rings. The molecule has 23 heavy (non-hydrogen) atoms. The van der Waals surface area contributed by atoms with Gasteiger partial charge in [0.15, 0.2) is 0 Å². The lowest BCUT2D eigenvalue weighted by atomic mass is 9.88. The predicted octanol–water partition coefficient (Wildman–Crippen LogP) is 2.56. The van der Waals surface area contributed by atoms with Gasteiger partial charge in [-0.2, -0.15) is 13.2 Å². The summed E-state index contributed by atoms with van der Waals surface area (Å²) in [6.07, 6.45) is -0.0950. The van der Waals surface area contributed by atoms with Gasteiger partial charge in [0.1, 0.15) is 0 Å². The standard InChI is InChI=1S/C16H17F3N2O2/c1-9-6-7-10(16(17,18)19)8-12(9)15(23)21-13-5-3-2-4-11(13)14(20)22/h2-3,6-8,11,13H,4-5H2,1H3,(H2,20,22)(H,21,23)/t11-,13-/m1/s1. The number of primary amides is 1. The number of benzene rings is 1. The molecule has 0 spiro atoms. The maximum Gasteiger partial charge on any atom is 0.416 e. The minimum atomic E-state index is -4.52. The summed E-state index contributed by atoms with van der Waals surface area (Å²) in [4.78, 5) is 23.7. The topological polar surface area (TPSA) is 72.2 Å². The van der Waals surface area contributed by atoms with Crippen LogP contribution in [-0.2, 0) is 11.0 Å². The largest absolute Gasteiger partial charge is 0.416 e. The number of carbonyl (C=O) groups excluding carboxylic acids is 2. The number of aryl methyl sites for hydroxylation is 1. The SMILES string of the molecule is Cc1ccc(C(F)(F)F)cc1C(=O)N[C@@H]1CC=CC[C@H]1C(N)=O. The molecule has 2 rings (SSSR count). The van der Waals surface area contributed by atoms with Gasteiger partial charge in [-0.1, -0.05) is 18.2 Å². The zero-order chi connectivity index (χ0) is 17.2. The van der Waals surface area contributed by atoms with E-state index < -0.39 is 35.5 Å². The summed E-state index contributed by atoms with van der Waals surface area (Å²) in [5, 5.41) is 2.63. The normalized spacial score (nSPS) is 21.0. The van der Waals surface area contributed by atoms with Crippen LogP contribution in [0.1, 0.15) is 34.3 Å². The van der Waals surface area contributed by atoms with E-state index in [4.69, 9.17) is 5.73 Å². The van der Waals surface area contributed by atoms with Crippen LogP contribution in [0.15, 0.2) is 30.4 Å². The predicted molar refractivity (Wildman–Crippen MR) is 78.5 cm³/mol. The van der Waals surface area contributed by atoms with Crippen LogP contribution in [-0.4, -0.2) is 17.9 Å². The van der Waals surface area contributed by atoms with Gasteiger partial charge in [0.05, 0.1) is 11.5 Å². The van der Waals surface area contributed by atoms with E-state index in [1.54, 1.807) is 13.0 Å². The molecule has 1 aliphatic carbocycles. The Balaban J connectivity index is 2.23. The average molecular weight is 326 g/mol. The van der Waals surface area contributed by atoms with Crippen LogP contribution in [0, 0.1) is 12.8 Å². The zero-order valence-corrected chi connectivity index (χ0v) is 12.5. The van der Waals surface area contributed by atoms with Crippen molar-refractivity contribution < 1.29 is 22.8 Å². The molecular formula is C16H17F3N2O2. The zero-order valence-electron chi connectivity index (χ0n) is 12.5. The van der Waals surface area contributed by atoms with Gasteiger partial charge in [0, 0.05) is 11.6 Å². The molecule has 1 aromatic rings. The molecule has 124 valence electrons. The molecule has 0 saturated heterocycles. The van der Waals surface area contributed by atoms with E-state index >= 15 is 0 Å². The Morgan fingerprint density at radius 3 is 2.48 bits per heavy atom. The number of carbonyl (C=O) groups is 2. The van der Waals surface area contributed by atoms with E-state index in [1.807, 2.05) is 6.08 Å². The van der Waals surface area contributed by atoms with Gasteiger partial charge in [-0.3, -0.25) is 9.59 Å². The molecule has 0 aliphatic heterocycles. The lowest BCUT2D eigenvalue weighted by molar-refractivity contribution is -0.137. The molecule has 0 aromatic heterocycles. The molecule has 2 amide bonds. The fourth-order valence-electron chi connectivity index (χ4n) is 2.58. The summed E-state index contributed by atoms with van der Waals surface area (Å²) in [7, 11) is 0. The number of allylic oxidation sites excluding steroid dienone is 1. The smallest absolute Gasteiger partial charge is 0.369 e. The van der Waals surface area contributed by atoms with Gasteiger partial charge in [0.25, 0.3) is 5.91 Å². The van der Waals surface area contributed by atoms with Crippen molar-refractivity contribution in [1.82, 2.24) is 5.32 Å². The fraction of sp³-hybridized carbons (Fsp3) is 0.375. The van der Waals surface area contributed by atoms with Crippen LogP contribution in [0.25, 0.3) is 0 Å². The van der Waals surface area contributed by atoms with E-state index in [1.165, 1.54) is 6.07 Å². The van der Waals surface area contributed by atoms with Gasteiger partial charge < -0.3 is 11.1 Å². The summed E-state index contributed by atoms with van der Waals surface area (Å²) in [5.41, 5.74) is 4.79. The Hall–Kier alpha value is -2.31. The number of nitrogens with one attached hydrogen (secondary N) is 1. The van der Waals surface area contributed by atoms with Gasteiger partial charge in [0.2, 0.25) is 5.91 Å². The van der Waals surface area contributed by atoms with Crippen molar-refractivity contribution in [3.63, 3.8) is 0 Å². The van der Waals surface area contributed by atoms with Crippen LogP contribution in [0.2, 0.25) is 0 Å². The molecule has 0 radical (unpaired) electrons. The van der Waals surface area contributed by atoms with Gasteiger partial charge >= 0.3 is 6.18 Å². The molecule has 2 atom stereocenters. The van der Waals surface area contributed by atoms with Crippen molar-refractivity contribution in [1.29, 1.82) is 0 Å². The van der Waals surface area contributed by atoms with Crippen molar-refractivity contribution in [3.8, 4) is 0 Å². The average Bonchev–Trinajstić information content (AvgIpc) is 2.46. The maximum absolute atomic E-state index is 12.8. The quantitative estimate of drug-likeness (QED) is 0.838. The fourth-order valence-corrected chi connectivity index (χ4v) is 2.58. The number of nitrogens with two attached hydrogens (primary N) is 1. The molecule has 0 saturated carbocycles. The third-order valence-corrected chi connectivity index (χ3v) is 3.92. The molecule has 1 aromatic carbocycles. The number of hydrogen-bond acceptors (Lipinski definition) is 2. The van der Waals surface area contributed by atoms with Gasteiger partial charge in [-0.05, 0) is 37.5 Å². The second-order valence-corrected chi connectivity index (χ2v) is 5.56. The van der Waals surface area contributed by atoms with Gasteiger partial charge in [-0.25, -0.2) is 0 Å². The number of amides is 2. The maximum atomic E-state index is 12.8. The van der Waals surface area contributed by atoms with E-state index in [2.05, 4.69) is 5.32 Å². The molecule has 0 bridgehead atoms. The van der Waals surface area contributed by atoms with Crippen LogP contribution in [0.3, 0.4) is 0 Å². The first-order valence-electron chi connectivity index (χ1n) is 7.13. The van der Waals surface area contributed by atoms with Crippen LogP contribution in [0.4, 0.5) is 13.2 Å². The minimum Gasteiger partial charge on any atom is -0.369 e. The first kappa shape index (κ1) is 17.1. The van der Waals surface area contributed by atoms with Crippen LogP contribution >= 0.6 is 0 Å². The van der Waals surface area contributed by atoms with E-state index in [0.717, 1.165) is 12.1 Å². The van der Waals surface area contributed by atoms with Crippen molar-refractivity contribution >= 4 is 11.8 Å². The summed E-state index contributed by atoms with van der Waals surface area (Å²) >= 11 is 0. The van der Waals surface area contributed by atoms with E-state index in [-0.39, 0.29) is 5.56 Å². The number of halogens is 3. The second-order valence-electron chi connectivity index (χ2n) is 5.56. The first-order valence-corrected chi connectivity index (χ1v) is 7.13. The molecular weight excluding hydrogens is 309 g/mol. The van der Waals surface area contributed by atoms with Crippen LogP contribution in [0.5, 0.6) is 0 Å². The molecule has 0 heterocycles. The lowest BCUT2D eigenvalue weighted by Gasteiger charge is -2.27. The third kappa shape index (κ3) is 3.91. The number of hydrogen-bond donors (Lipinski definition) is 2. The highest BCUT2D eigenvalue weighted by atomic mass is 19.4. The summed E-state index contributed by atoms with van der Waals surface area (Å²) < 4.78 is 38.4. The first-order chi connectivity index (χ1) is 10.7. The molecule has 3 N–H and O–H groups in total. The molecule has 4 nitrogen and oxygen atoms in total. The van der Waals surface area contributed by atoms with Crippen molar-refractivity contribution in [2.24, 2.45) is 11.7 Å². The minimum absolute atomic E-state index is 0.0578. The molecule has 7 heteroatoms. The Labute approximate surface area is 131 Å². The van der Waals surface area contributed by atoms with Crippen LogP contribution < -0.4 is 11.1 Å². The second kappa shape index (κ2) is 6.44. The monoisotopic (exact) mass is 326 g/mol. The van der Waals surface area contributed by atoms with Crippen molar-refractivity contribution in [2.45, 2.75) is 32.0 Å². The highest BCUT2D eigenvalue weighted by Crippen LogP contribution is 2.30. The van der Waals surface area contributed by atoms with Crippen molar-refractivity contribution in [3.05, 3.63) is 47.0 Å². The van der Waals surface area contributed by atoms with E-state index in [0.29, 0.717) is 18.4 Å². The summed E-state index contributed by atoms with van der Waals surface area (Å²) in [6, 6.07) is 2.49. The van der Waals surface area contributed by atoms with Crippen molar-refractivity contribution in [2.75, 3.05) is 0 Å².